The van der Waals surface area contributed by atoms with Gasteiger partial charge in [0, 0.05) is 11.3 Å². The van der Waals surface area contributed by atoms with Gasteiger partial charge in [0.25, 0.3) is 5.91 Å². The highest BCUT2D eigenvalue weighted by atomic mass is 35.5. The highest BCUT2D eigenvalue weighted by Crippen LogP contribution is 2.25. The Labute approximate surface area is 203 Å². The Morgan fingerprint density at radius 1 is 0.848 bits per heavy atom. The van der Waals surface area contributed by atoms with Gasteiger partial charge in [-0.05, 0) is 69.2 Å². The van der Waals surface area contributed by atoms with Crippen LogP contribution in [-0.2, 0) is 13.1 Å². The Hall–Kier alpha value is -3.09. The third-order valence-electron chi connectivity index (χ3n) is 5.59. The molecule has 0 aliphatic rings. The summed E-state index contributed by atoms with van der Waals surface area (Å²) >= 11 is 12.1. The van der Waals surface area contributed by atoms with E-state index in [0.29, 0.717) is 34.4 Å². The normalized spacial score (nSPS) is 11.1. The summed E-state index contributed by atoms with van der Waals surface area (Å²) < 4.78 is 3.81. The van der Waals surface area contributed by atoms with Crippen molar-refractivity contribution in [3.63, 3.8) is 0 Å². The molecule has 0 aliphatic carbocycles. The molecule has 0 radical (unpaired) electrons. The van der Waals surface area contributed by atoms with E-state index < -0.39 is 0 Å². The molecule has 6 nitrogen and oxygen atoms in total. The number of carbonyl (C=O) groups excluding carboxylic acids is 1. The summed E-state index contributed by atoms with van der Waals surface area (Å²) in [7, 11) is 0. The van der Waals surface area contributed by atoms with Crippen molar-refractivity contribution in [1.82, 2.24) is 19.6 Å². The van der Waals surface area contributed by atoms with Gasteiger partial charge in [0.05, 0.1) is 45.9 Å². The Kier molecular flexibility index (Phi) is 6.58. The van der Waals surface area contributed by atoms with Crippen molar-refractivity contribution in [2.24, 2.45) is 0 Å². The lowest BCUT2D eigenvalue weighted by Gasteiger charge is -2.09. The molecule has 0 spiro atoms. The van der Waals surface area contributed by atoms with Crippen molar-refractivity contribution in [1.29, 1.82) is 0 Å². The first-order valence-corrected chi connectivity index (χ1v) is 11.4. The topological polar surface area (TPSA) is 64.7 Å². The first kappa shape index (κ1) is 23.1. The summed E-state index contributed by atoms with van der Waals surface area (Å²) in [6, 6.07) is 15.1. The van der Waals surface area contributed by atoms with Crippen LogP contribution in [0.15, 0.2) is 48.5 Å². The molecule has 0 atom stereocenters. The Morgan fingerprint density at radius 3 is 2.15 bits per heavy atom. The van der Waals surface area contributed by atoms with Gasteiger partial charge < -0.3 is 5.32 Å². The van der Waals surface area contributed by atoms with Crippen molar-refractivity contribution in [3.05, 3.63) is 98.0 Å². The molecule has 4 aromatic rings. The minimum absolute atomic E-state index is 0.173. The van der Waals surface area contributed by atoms with E-state index in [4.69, 9.17) is 23.2 Å². The molecule has 0 unspecified atom stereocenters. The average Bonchev–Trinajstić information content (AvgIpc) is 3.23. The average molecular weight is 482 g/mol. The van der Waals surface area contributed by atoms with E-state index in [0.717, 1.165) is 33.9 Å². The number of anilines is 1. The van der Waals surface area contributed by atoms with Crippen LogP contribution in [-0.4, -0.2) is 25.5 Å². The van der Waals surface area contributed by atoms with Gasteiger partial charge in [-0.2, -0.15) is 10.2 Å². The summed E-state index contributed by atoms with van der Waals surface area (Å²) in [5, 5.41) is 13.1. The number of aryl methyl sites for hydroxylation is 3. The SMILES string of the molecule is Cc1cc(C)n(Cc2ccc(C(=O)Nc3c(C)nn(Cc4ccc(Cl)c(Cl)c4)c3C)cc2)n1. The standard InChI is InChI=1S/C25H25Cl2N5O/c1-15-11-16(2)31(29-15)13-19-5-8-21(9-6-19)25(33)28-24-17(3)30-32(18(24)4)14-20-7-10-22(26)23(27)12-20/h5-12H,13-14H2,1-4H3,(H,28,33). The quantitative estimate of drug-likeness (QED) is 0.368. The molecule has 0 saturated heterocycles. The summed E-state index contributed by atoms with van der Waals surface area (Å²) in [6.45, 7) is 9.03. The second-order valence-electron chi connectivity index (χ2n) is 8.19. The molecule has 2 aromatic heterocycles. The highest BCUT2D eigenvalue weighted by Gasteiger charge is 2.16. The molecule has 4 rings (SSSR count). The smallest absolute Gasteiger partial charge is 0.255 e. The molecule has 2 heterocycles. The van der Waals surface area contributed by atoms with Crippen molar-refractivity contribution >= 4 is 34.8 Å². The minimum Gasteiger partial charge on any atom is -0.319 e. The number of aromatic nitrogens is 4. The molecular weight excluding hydrogens is 457 g/mol. The van der Waals surface area contributed by atoms with E-state index in [1.807, 2.05) is 79.5 Å². The van der Waals surface area contributed by atoms with Gasteiger partial charge in [-0.15, -0.1) is 0 Å². The number of benzene rings is 2. The van der Waals surface area contributed by atoms with Crippen LogP contribution in [0.25, 0.3) is 0 Å². The maximum Gasteiger partial charge on any atom is 0.255 e. The van der Waals surface area contributed by atoms with Gasteiger partial charge in [-0.3, -0.25) is 14.2 Å². The lowest BCUT2D eigenvalue weighted by atomic mass is 10.1. The molecule has 0 bridgehead atoms. The van der Waals surface area contributed by atoms with Gasteiger partial charge >= 0.3 is 0 Å². The van der Waals surface area contributed by atoms with Crippen LogP contribution in [0.4, 0.5) is 5.69 Å². The molecule has 1 amide bonds. The van der Waals surface area contributed by atoms with Crippen LogP contribution in [0.2, 0.25) is 10.0 Å². The van der Waals surface area contributed by atoms with E-state index in [2.05, 4.69) is 15.5 Å². The third-order valence-corrected chi connectivity index (χ3v) is 6.33. The lowest BCUT2D eigenvalue weighted by molar-refractivity contribution is 0.102. The van der Waals surface area contributed by atoms with E-state index >= 15 is 0 Å². The van der Waals surface area contributed by atoms with E-state index in [-0.39, 0.29) is 5.91 Å². The number of hydrogen-bond acceptors (Lipinski definition) is 3. The summed E-state index contributed by atoms with van der Waals surface area (Å²) in [5.41, 5.74) is 7.09. The Bertz CT molecular complexity index is 1320. The van der Waals surface area contributed by atoms with Gasteiger partial charge in [-0.25, -0.2) is 0 Å². The second kappa shape index (κ2) is 9.41. The first-order chi connectivity index (χ1) is 15.7. The number of amides is 1. The van der Waals surface area contributed by atoms with Crippen LogP contribution in [0, 0.1) is 27.7 Å². The Morgan fingerprint density at radius 2 is 1.52 bits per heavy atom. The van der Waals surface area contributed by atoms with Crippen LogP contribution in [0.5, 0.6) is 0 Å². The second-order valence-corrected chi connectivity index (χ2v) is 9.00. The summed E-state index contributed by atoms with van der Waals surface area (Å²) in [5.74, 6) is -0.173. The molecule has 8 heteroatoms. The first-order valence-electron chi connectivity index (χ1n) is 10.6. The van der Waals surface area contributed by atoms with E-state index in [1.54, 1.807) is 6.07 Å². The van der Waals surface area contributed by atoms with Gasteiger partial charge in [-0.1, -0.05) is 41.4 Å². The van der Waals surface area contributed by atoms with Crippen LogP contribution < -0.4 is 5.32 Å². The van der Waals surface area contributed by atoms with E-state index in [1.165, 1.54) is 0 Å². The van der Waals surface area contributed by atoms with Crippen molar-refractivity contribution in [3.8, 4) is 0 Å². The summed E-state index contributed by atoms with van der Waals surface area (Å²) in [4.78, 5) is 12.9. The zero-order valence-corrected chi connectivity index (χ0v) is 20.5. The predicted octanol–water partition coefficient (Wildman–Crippen LogP) is 5.97. The van der Waals surface area contributed by atoms with Crippen LogP contribution in [0.3, 0.4) is 0 Å². The predicted molar refractivity (Wildman–Crippen MR) is 132 cm³/mol. The number of carbonyl (C=O) groups is 1. The van der Waals surface area contributed by atoms with Gasteiger partial charge in [0.1, 0.15) is 0 Å². The van der Waals surface area contributed by atoms with Crippen LogP contribution >= 0.6 is 23.2 Å². The number of nitrogens with zero attached hydrogens (tertiary/aromatic N) is 4. The number of halogens is 2. The third kappa shape index (κ3) is 5.13. The number of nitrogens with one attached hydrogen (secondary N) is 1. The molecule has 0 saturated carbocycles. The maximum atomic E-state index is 12.9. The van der Waals surface area contributed by atoms with Crippen molar-refractivity contribution < 1.29 is 4.79 Å². The molecule has 170 valence electrons. The molecule has 0 aliphatic heterocycles. The lowest BCUT2D eigenvalue weighted by Crippen LogP contribution is -2.13. The monoisotopic (exact) mass is 481 g/mol. The highest BCUT2D eigenvalue weighted by molar-refractivity contribution is 6.42. The fourth-order valence-corrected chi connectivity index (χ4v) is 4.12. The molecule has 1 N–H and O–H groups in total. The summed E-state index contributed by atoms with van der Waals surface area (Å²) in [6.07, 6.45) is 0. The molecule has 2 aromatic carbocycles. The largest absolute Gasteiger partial charge is 0.319 e. The zero-order valence-electron chi connectivity index (χ0n) is 19.0. The van der Waals surface area contributed by atoms with Gasteiger partial charge in [0.2, 0.25) is 0 Å². The molecule has 33 heavy (non-hydrogen) atoms. The van der Waals surface area contributed by atoms with Crippen LogP contribution in [0.1, 0.15) is 44.3 Å². The van der Waals surface area contributed by atoms with E-state index in [9.17, 15) is 4.79 Å². The number of rotatable bonds is 6. The van der Waals surface area contributed by atoms with Crippen molar-refractivity contribution in [2.45, 2.75) is 40.8 Å². The maximum absolute atomic E-state index is 12.9. The molecule has 0 fully saturated rings. The van der Waals surface area contributed by atoms with Crippen molar-refractivity contribution in [2.75, 3.05) is 5.32 Å². The fraction of sp³-hybridized carbons (Fsp3) is 0.240. The minimum atomic E-state index is -0.173. The number of hydrogen-bond donors (Lipinski definition) is 1. The van der Waals surface area contributed by atoms with Gasteiger partial charge in [0.15, 0.2) is 0 Å². The molecular formula is C25H25Cl2N5O. The Balaban J connectivity index is 1.46. The zero-order chi connectivity index (χ0) is 23.7. The fourth-order valence-electron chi connectivity index (χ4n) is 3.80.